The Morgan fingerprint density at radius 2 is 1.96 bits per heavy atom. The molecular formula is C17H19ClN4O2S. The number of amides is 2. The Labute approximate surface area is 155 Å². The van der Waals surface area contributed by atoms with Crippen LogP contribution in [-0.4, -0.2) is 59.3 Å². The summed E-state index contributed by atoms with van der Waals surface area (Å²) in [5, 5.41) is 3.34. The first-order chi connectivity index (χ1) is 12.0. The van der Waals surface area contributed by atoms with Crippen LogP contribution in [0.25, 0.3) is 0 Å². The minimum Gasteiger partial charge on any atom is -0.335 e. The molecule has 1 aromatic heterocycles. The Kier molecular flexibility index (Phi) is 5.67. The van der Waals surface area contributed by atoms with E-state index in [4.69, 9.17) is 11.6 Å². The Balaban J connectivity index is 1.49. The third-order valence-electron chi connectivity index (χ3n) is 4.11. The SMILES string of the molecule is Cc1ncsc1C(=O)N1CCN(CC(=O)Nc2ccccc2Cl)CC1. The summed E-state index contributed by atoms with van der Waals surface area (Å²) in [6.45, 7) is 4.68. The van der Waals surface area contributed by atoms with Crippen LogP contribution in [0.3, 0.4) is 0 Å². The molecule has 2 heterocycles. The molecule has 6 nitrogen and oxygen atoms in total. The molecule has 1 N–H and O–H groups in total. The van der Waals surface area contributed by atoms with Gasteiger partial charge in [0.25, 0.3) is 5.91 Å². The summed E-state index contributed by atoms with van der Waals surface area (Å²) in [7, 11) is 0. The molecule has 0 aliphatic carbocycles. The van der Waals surface area contributed by atoms with Gasteiger partial charge in [0.15, 0.2) is 0 Å². The van der Waals surface area contributed by atoms with E-state index in [1.54, 1.807) is 17.6 Å². The molecule has 0 atom stereocenters. The van der Waals surface area contributed by atoms with Crippen molar-refractivity contribution in [2.75, 3.05) is 38.0 Å². The van der Waals surface area contributed by atoms with Crippen molar-refractivity contribution in [2.24, 2.45) is 0 Å². The van der Waals surface area contributed by atoms with Crippen molar-refractivity contribution in [1.29, 1.82) is 0 Å². The third-order valence-corrected chi connectivity index (χ3v) is 5.36. The second-order valence-corrected chi connectivity index (χ2v) is 7.13. The molecule has 0 spiro atoms. The Bertz CT molecular complexity index is 772. The highest BCUT2D eigenvalue weighted by Crippen LogP contribution is 2.20. The lowest BCUT2D eigenvalue weighted by atomic mass is 10.2. The summed E-state index contributed by atoms with van der Waals surface area (Å²) in [6, 6.07) is 7.16. The second-order valence-electron chi connectivity index (χ2n) is 5.86. The van der Waals surface area contributed by atoms with Crippen molar-refractivity contribution in [3.8, 4) is 0 Å². The molecule has 132 valence electrons. The molecule has 1 aliphatic heterocycles. The number of thiazole rings is 1. The van der Waals surface area contributed by atoms with Crippen LogP contribution in [0, 0.1) is 6.92 Å². The van der Waals surface area contributed by atoms with Gasteiger partial charge in [0.05, 0.1) is 28.5 Å². The van der Waals surface area contributed by atoms with Gasteiger partial charge in [-0.25, -0.2) is 4.98 Å². The summed E-state index contributed by atoms with van der Waals surface area (Å²) in [5.74, 6) is -0.0775. The Morgan fingerprint density at radius 3 is 2.60 bits per heavy atom. The van der Waals surface area contributed by atoms with Gasteiger partial charge in [-0.1, -0.05) is 23.7 Å². The third kappa shape index (κ3) is 4.36. The summed E-state index contributed by atoms with van der Waals surface area (Å²) >= 11 is 7.42. The molecule has 3 rings (SSSR count). The fourth-order valence-electron chi connectivity index (χ4n) is 2.72. The monoisotopic (exact) mass is 378 g/mol. The highest BCUT2D eigenvalue weighted by Gasteiger charge is 2.25. The van der Waals surface area contributed by atoms with Crippen LogP contribution in [-0.2, 0) is 4.79 Å². The van der Waals surface area contributed by atoms with Gasteiger partial charge in [-0.05, 0) is 19.1 Å². The van der Waals surface area contributed by atoms with E-state index < -0.39 is 0 Å². The van der Waals surface area contributed by atoms with Crippen molar-refractivity contribution in [1.82, 2.24) is 14.8 Å². The van der Waals surface area contributed by atoms with Crippen molar-refractivity contribution in [2.45, 2.75) is 6.92 Å². The van der Waals surface area contributed by atoms with E-state index in [1.807, 2.05) is 28.9 Å². The molecule has 2 aromatic rings. The molecule has 0 unspecified atom stereocenters. The van der Waals surface area contributed by atoms with Crippen LogP contribution in [0.2, 0.25) is 5.02 Å². The minimum absolute atomic E-state index is 0.0279. The molecule has 8 heteroatoms. The van der Waals surface area contributed by atoms with Gasteiger partial charge in [-0.3, -0.25) is 14.5 Å². The molecule has 1 aliphatic rings. The lowest BCUT2D eigenvalue weighted by molar-refractivity contribution is -0.117. The van der Waals surface area contributed by atoms with Crippen LogP contribution >= 0.6 is 22.9 Å². The number of aryl methyl sites for hydroxylation is 1. The van der Waals surface area contributed by atoms with Crippen molar-refractivity contribution in [3.05, 3.63) is 45.4 Å². The molecular weight excluding hydrogens is 360 g/mol. The Morgan fingerprint density at radius 1 is 1.24 bits per heavy atom. The number of carbonyl (C=O) groups is 2. The fourth-order valence-corrected chi connectivity index (χ4v) is 3.67. The lowest BCUT2D eigenvalue weighted by Gasteiger charge is -2.34. The first-order valence-electron chi connectivity index (χ1n) is 8.00. The van der Waals surface area contributed by atoms with Crippen LogP contribution in [0.15, 0.2) is 29.8 Å². The number of rotatable bonds is 4. The van der Waals surface area contributed by atoms with Gasteiger partial charge in [0.1, 0.15) is 4.88 Å². The number of halogens is 1. The van der Waals surface area contributed by atoms with Crippen LogP contribution in [0.1, 0.15) is 15.4 Å². The molecule has 2 amide bonds. The number of piperazine rings is 1. The number of hydrogen-bond donors (Lipinski definition) is 1. The molecule has 1 aromatic carbocycles. The highest BCUT2D eigenvalue weighted by molar-refractivity contribution is 7.11. The summed E-state index contributed by atoms with van der Waals surface area (Å²) in [4.78, 5) is 33.3. The molecule has 0 bridgehead atoms. The second kappa shape index (κ2) is 7.95. The number of carbonyl (C=O) groups excluding carboxylic acids is 2. The van der Waals surface area contributed by atoms with Crippen LogP contribution in [0.4, 0.5) is 5.69 Å². The predicted molar refractivity (Wildman–Crippen MR) is 99.3 cm³/mol. The van der Waals surface area contributed by atoms with Crippen molar-refractivity contribution in [3.63, 3.8) is 0 Å². The quantitative estimate of drug-likeness (QED) is 0.887. The molecule has 0 saturated carbocycles. The van der Waals surface area contributed by atoms with E-state index in [1.165, 1.54) is 11.3 Å². The number of aromatic nitrogens is 1. The van der Waals surface area contributed by atoms with Gasteiger partial charge in [0.2, 0.25) is 5.91 Å². The number of hydrogen-bond acceptors (Lipinski definition) is 5. The topological polar surface area (TPSA) is 65.5 Å². The van der Waals surface area contributed by atoms with E-state index in [2.05, 4.69) is 10.3 Å². The van der Waals surface area contributed by atoms with E-state index in [9.17, 15) is 9.59 Å². The minimum atomic E-state index is -0.105. The first kappa shape index (κ1) is 17.8. The van der Waals surface area contributed by atoms with Crippen molar-refractivity contribution < 1.29 is 9.59 Å². The van der Waals surface area contributed by atoms with Crippen molar-refractivity contribution >= 4 is 40.4 Å². The van der Waals surface area contributed by atoms with E-state index in [0.29, 0.717) is 41.8 Å². The van der Waals surface area contributed by atoms with Gasteiger partial charge in [-0.2, -0.15) is 0 Å². The van der Waals surface area contributed by atoms with E-state index in [-0.39, 0.29) is 18.4 Å². The smallest absolute Gasteiger partial charge is 0.265 e. The average molecular weight is 379 g/mol. The zero-order chi connectivity index (χ0) is 17.8. The number of para-hydroxylation sites is 1. The molecule has 1 fully saturated rings. The first-order valence-corrected chi connectivity index (χ1v) is 9.26. The van der Waals surface area contributed by atoms with Gasteiger partial charge in [-0.15, -0.1) is 11.3 Å². The molecule has 25 heavy (non-hydrogen) atoms. The summed E-state index contributed by atoms with van der Waals surface area (Å²) in [5.41, 5.74) is 3.08. The maximum Gasteiger partial charge on any atom is 0.265 e. The van der Waals surface area contributed by atoms with Gasteiger partial charge >= 0.3 is 0 Å². The number of benzene rings is 1. The van der Waals surface area contributed by atoms with E-state index >= 15 is 0 Å². The Hall–Kier alpha value is -1.96. The zero-order valence-corrected chi connectivity index (χ0v) is 15.4. The van der Waals surface area contributed by atoms with Crippen LogP contribution < -0.4 is 5.32 Å². The summed E-state index contributed by atoms with van der Waals surface area (Å²) in [6.07, 6.45) is 0. The average Bonchev–Trinajstić information content (AvgIpc) is 3.03. The van der Waals surface area contributed by atoms with Gasteiger partial charge in [0, 0.05) is 26.2 Å². The molecule has 0 radical (unpaired) electrons. The maximum atomic E-state index is 12.5. The number of nitrogens with one attached hydrogen (secondary N) is 1. The maximum absolute atomic E-state index is 12.5. The fraction of sp³-hybridized carbons (Fsp3) is 0.353. The lowest BCUT2D eigenvalue weighted by Crippen LogP contribution is -2.50. The number of anilines is 1. The standard InChI is InChI=1S/C17H19ClN4O2S/c1-12-16(25-11-19-12)17(24)22-8-6-21(7-9-22)10-15(23)20-14-5-3-2-4-13(14)18/h2-5,11H,6-10H2,1H3,(H,20,23). The number of nitrogens with zero attached hydrogens (tertiary/aromatic N) is 3. The summed E-state index contributed by atoms with van der Waals surface area (Å²) < 4.78 is 0. The molecule has 1 saturated heterocycles. The van der Waals surface area contributed by atoms with Gasteiger partial charge < -0.3 is 10.2 Å². The predicted octanol–water partition coefficient (Wildman–Crippen LogP) is 2.50. The van der Waals surface area contributed by atoms with E-state index in [0.717, 1.165) is 5.69 Å². The normalized spacial score (nSPS) is 15.2. The zero-order valence-electron chi connectivity index (χ0n) is 13.9. The largest absolute Gasteiger partial charge is 0.335 e. The highest BCUT2D eigenvalue weighted by atomic mass is 35.5. The van der Waals surface area contributed by atoms with Crippen LogP contribution in [0.5, 0.6) is 0 Å².